The molecule has 2 rings (SSSR count). The van der Waals surface area contributed by atoms with Gasteiger partial charge in [-0.3, -0.25) is 4.79 Å². The summed E-state index contributed by atoms with van der Waals surface area (Å²) >= 11 is 0. The quantitative estimate of drug-likeness (QED) is 0.764. The van der Waals surface area contributed by atoms with Crippen LogP contribution < -0.4 is 4.90 Å². The first-order valence-corrected chi connectivity index (χ1v) is 6.00. The number of nitrogens with zero attached hydrogens (tertiary/aromatic N) is 1. The molecular formula is C15H11F4NO. The fourth-order valence-electron chi connectivity index (χ4n) is 1.84. The summed E-state index contributed by atoms with van der Waals surface area (Å²) in [7, 11) is 1.47. The number of amides is 1. The van der Waals surface area contributed by atoms with Gasteiger partial charge in [0, 0.05) is 18.3 Å². The van der Waals surface area contributed by atoms with Gasteiger partial charge in [-0.05, 0) is 30.3 Å². The summed E-state index contributed by atoms with van der Waals surface area (Å²) in [6.45, 7) is 0. The highest BCUT2D eigenvalue weighted by Crippen LogP contribution is 2.31. The standard InChI is InChI=1S/C15H11F4NO/c1-20(11-5-3-2-4-6-11)14(21)10-7-8-12(13(16)9-10)15(17,18)19/h2-9H,1H3. The van der Waals surface area contributed by atoms with E-state index in [1.807, 2.05) is 0 Å². The summed E-state index contributed by atoms with van der Waals surface area (Å²) in [5.41, 5.74) is -0.976. The zero-order valence-electron chi connectivity index (χ0n) is 11.0. The Morgan fingerprint density at radius 2 is 1.67 bits per heavy atom. The van der Waals surface area contributed by atoms with Gasteiger partial charge in [0.05, 0.1) is 5.56 Å². The zero-order valence-corrected chi connectivity index (χ0v) is 11.0. The molecule has 6 heteroatoms. The molecule has 2 aromatic carbocycles. The minimum absolute atomic E-state index is 0.146. The summed E-state index contributed by atoms with van der Waals surface area (Å²) in [6, 6.07) is 10.7. The normalized spacial score (nSPS) is 11.3. The molecule has 2 aromatic rings. The molecular weight excluding hydrogens is 286 g/mol. The Bertz CT molecular complexity index is 652. The highest BCUT2D eigenvalue weighted by Gasteiger charge is 2.34. The lowest BCUT2D eigenvalue weighted by Gasteiger charge is -2.18. The second-order valence-electron chi connectivity index (χ2n) is 4.39. The van der Waals surface area contributed by atoms with Crippen molar-refractivity contribution < 1.29 is 22.4 Å². The molecule has 110 valence electrons. The molecule has 0 aliphatic carbocycles. The molecule has 0 unspecified atom stereocenters. The number of halogens is 4. The molecule has 0 saturated carbocycles. The van der Waals surface area contributed by atoms with Crippen LogP contribution in [0.5, 0.6) is 0 Å². The number of anilines is 1. The Balaban J connectivity index is 2.31. The smallest absolute Gasteiger partial charge is 0.311 e. The van der Waals surface area contributed by atoms with Crippen molar-refractivity contribution in [2.24, 2.45) is 0 Å². The highest BCUT2D eigenvalue weighted by molar-refractivity contribution is 6.05. The third-order valence-corrected chi connectivity index (χ3v) is 2.97. The fraction of sp³-hybridized carbons (Fsp3) is 0.133. The van der Waals surface area contributed by atoms with Crippen LogP contribution in [0.4, 0.5) is 23.2 Å². The van der Waals surface area contributed by atoms with Crippen LogP contribution in [-0.4, -0.2) is 13.0 Å². The van der Waals surface area contributed by atoms with Crippen molar-refractivity contribution >= 4 is 11.6 Å². The Hall–Kier alpha value is -2.37. The lowest BCUT2D eigenvalue weighted by atomic mass is 10.1. The van der Waals surface area contributed by atoms with E-state index in [-0.39, 0.29) is 5.56 Å². The molecule has 21 heavy (non-hydrogen) atoms. The van der Waals surface area contributed by atoms with E-state index in [1.165, 1.54) is 11.9 Å². The predicted octanol–water partition coefficient (Wildman–Crippen LogP) is 4.12. The number of para-hydroxylation sites is 1. The molecule has 0 N–H and O–H groups in total. The van der Waals surface area contributed by atoms with Gasteiger partial charge in [-0.25, -0.2) is 4.39 Å². The zero-order chi connectivity index (χ0) is 15.6. The van der Waals surface area contributed by atoms with Crippen molar-refractivity contribution in [3.05, 3.63) is 65.5 Å². The maximum Gasteiger partial charge on any atom is 0.419 e. The third-order valence-electron chi connectivity index (χ3n) is 2.97. The van der Waals surface area contributed by atoms with Gasteiger partial charge in [-0.1, -0.05) is 18.2 Å². The van der Waals surface area contributed by atoms with Crippen molar-refractivity contribution in [3.8, 4) is 0 Å². The molecule has 0 atom stereocenters. The van der Waals surface area contributed by atoms with Crippen molar-refractivity contribution in [2.45, 2.75) is 6.18 Å². The first kappa shape index (κ1) is 15.0. The molecule has 0 aliphatic heterocycles. The van der Waals surface area contributed by atoms with Gasteiger partial charge in [0.25, 0.3) is 5.91 Å². The molecule has 0 saturated heterocycles. The lowest BCUT2D eigenvalue weighted by Crippen LogP contribution is -2.26. The molecule has 0 aromatic heterocycles. The second kappa shape index (κ2) is 5.55. The van der Waals surface area contributed by atoms with Crippen LogP contribution in [0, 0.1) is 5.82 Å². The van der Waals surface area contributed by atoms with Crippen LogP contribution in [0.2, 0.25) is 0 Å². The topological polar surface area (TPSA) is 20.3 Å². The Kier molecular flexibility index (Phi) is 3.97. The number of carbonyl (C=O) groups is 1. The SMILES string of the molecule is CN(C(=O)c1ccc(C(F)(F)F)c(F)c1)c1ccccc1. The van der Waals surface area contributed by atoms with Crippen molar-refractivity contribution in [2.75, 3.05) is 11.9 Å². The van der Waals surface area contributed by atoms with Crippen LogP contribution in [0.15, 0.2) is 48.5 Å². The maximum atomic E-state index is 13.5. The van der Waals surface area contributed by atoms with Crippen molar-refractivity contribution in [3.63, 3.8) is 0 Å². The predicted molar refractivity (Wildman–Crippen MR) is 70.6 cm³/mol. The highest BCUT2D eigenvalue weighted by atomic mass is 19.4. The van der Waals surface area contributed by atoms with Gasteiger partial charge >= 0.3 is 6.18 Å². The number of rotatable bonds is 2. The van der Waals surface area contributed by atoms with E-state index in [1.54, 1.807) is 30.3 Å². The minimum Gasteiger partial charge on any atom is -0.311 e. The van der Waals surface area contributed by atoms with Gasteiger partial charge in [-0.2, -0.15) is 13.2 Å². The largest absolute Gasteiger partial charge is 0.419 e. The van der Waals surface area contributed by atoms with Gasteiger partial charge in [-0.15, -0.1) is 0 Å². The first-order chi connectivity index (χ1) is 9.80. The van der Waals surface area contributed by atoms with Crippen molar-refractivity contribution in [1.82, 2.24) is 0 Å². The monoisotopic (exact) mass is 297 g/mol. The Morgan fingerprint density at radius 1 is 1.05 bits per heavy atom. The number of hydrogen-bond donors (Lipinski definition) is 0. The average Bonchev–Trinajstić information content (AvgIpc) is 2.45. The Morgan fingerprint density at radius 3 is 2.19 bits per heavy atom. The summed E-state index contributed by atoms with van der Waals surface area (Å²) in [4.78, 5) is 13.4. The van der Waals surface area contributed by atoms with Gasteiger partial charge in [0.2, 0.25) is 0 Å². The third kappa shape index (κ3) is 3.21. The molecule has 0 spiro atoms. The molecule has 0 fully saturated rings. The summed E-state index contributed by atoms with van der Waals surface area (Å²) in [6.07, 6.45) is -4.78. The van der Waals surface area contributed by atoms with Gasteiger partial charge in [0.15, 0.2) is 0 Å². The van der Waals surface area contributed by atoms with Crippen LogP contribution in [0.1, 0.15) is 15.9 Å². The van der Waals surface area contributed by atoms with Crippen LogP contribution in [0.3, 0.4) is 0 Å². The van der Waals surface area contributed by atoms with Crippen LogP contribution in [0.25, 0.3) is 0 Å². The lowest BCUT2D eigenvalue weighted by molar-refractivity contribution is -0.140. The van der Waals surface area contributed by atoms with Crippen molar-refractivity contribution in [1.29, 1.82) is 0 Å². The minimum atomic E-state index is -4.78. The molecule has 1 amide bonds. The van der Waals surface area contributed by atoms with E-state index in [4.69, 9.17) is 0 Å². The number of benzene rings is 2. The Labute approximate surface area is 118 Å². The number of hydrogen-bond acceptors (Lipinski definition) is 1. The number of carbonyl (C=O) groups excluding carboxylic acids is 1. The average molecular weight is 297 g/mol. The first-order valence-electron chi connectivity index (χ1n) is 6.00. The van der Waals surface area contributed by atoms with Crippen LogP contribution in [-0.2, 0) is 6.18 Å². The van der Waals surface area contributed by atoms with Crippen LogP contribution >= 0.6 is 0 Å². The molecule has 0 radical (unpaired) electrons. The van der Waals surface area contributed by atoms with E-state index >= 15 is 0 Å². The second-order valence-corrected chi connectivity index (χ2v) is 4.39. The van der Waals surface area contributed by atoms with Gasteiger partial charge in [0.1, 0.15) is 5.82 Å². The number of alkyl halides is 3. The fourth-order valence-corrected chi connectivity index (χ4v) is 1.84. The van der Waals surface area contributed by atoms with Gasteiger partial charge < -0.3 is 4.90 Å². The van der Waals surface area contributed by atoms with E-state index in [0.717, 1.165) is 6.07 Å². The van der Waals surface area contributed by atoms with E-state index < -0.39 is 23.5 Å². The van der Waals surface area contributed by atoms with E-state index in [9.17, 15) is 22.4 Å². The van der Waals surface area contributed by atoms with E-state index in [0.29, 0.717) is 17.8 Å². The molecule has 2 nitrogen and oxygen atoms in total. The van der Waals surface area contributed by atoms with E-state index in [2.05, 4.69) is 0 Å². The molecule has 0 heterocycles. The summed E-state index contributed by atoms with van der Waals surface area (Å²) < 4.78 is 50.9. The maximum absolute atomic E-state index is 13.5. The summed E-state index contributed by atoms with van der Waals surface area (Å²) in [5.74, 6) is -2.05. The summed E-state index contributed by atoms with van der Waals surface area (Å²) in [5, 5.41) is 0. The molecule has 0 aliphatic rings. The molecule has 0 bridgehead atoms.